The lowest BCUT2D eigenvalue weighted by atomic mass is 10.1. The zero-order valence-corrected chi connectivity index (χ0v) is 16.3. The molecule has 0 N–H and O–H groups in total. The van der Waals surface area contributed by atoms with Crippen molar-refractivity contribution in [1.29, 1.82) is 0 Å². The van der Waals surface area contributed by atoms with Crippen molar-refractivity contribution in [3.8, 4) is 22.9 Å². The number of alkyl halides is 3. The Morgan fingerprint density at radius 3 is 2.35 bits per heavy atom. The summed E-state index contributed by atoms with van der Waals surface area (Å²) in [5.41, 5.74) is 1.25. The second-order valence-corrected chi connectivity index (χ2v) is 6.69. The predicted octanol–water partition coefficient (Wildman–Crippen LogP) is 3.58. The van der Waals surface area contributed by atoms with Crippen molar-refractivity contribution in [2.75, 3.05) is 6.61 Å². The number of hydrogen-bond donors (Lipinski definition) is 0. The molecule has 160 valence electrons. The zero-order valence-electron chi connectivity index (χ0n) is 15.6. The van der Waals surface area contributed by atoms with Crippen molar-refractivity contribution in [2.24, 2.45) is 0 Å². The van der Waals surface area contributed by atoms with Gasteiger partial charge in [0, 0.05) is 6.20 Å². The molecule has 0 aliphatic rings. The summed E-state index contributed by atoms with van der Waals surface area (Å²) in [5, 5.41) is 4.60. The van der Waals surface area contributed by atoms with Crippen LogP contribution in [0, 0.1) is 0 Å². The lowest BCUT2D eigenvalue weighted by Gasteiger charge is -2.09. The Labute approximate surface area is 177 Å². The number of hydrogen-bond acceptors (Lipinski definition) is 6. The van der Waals surface area contributed by atoms with Crippen LogP contribution in [0.25, 0.3) is 16.8 Å². The highest BCUT2D eigenvalue weighted by atomic mass is 35.5. The van der Waals surface area contributed by atoms with Gasteiger partial charge in [0.25, 0.3) is 0 Å². The summed E-state index contributed by atoms with van der Waals surface area (Å²) in [5.74, 6) is -0.327. The Bertz CT molecular complexity index is 1250. The molecule has 0 saturated heterocycles. The standard InChI is InChI=1S/C19H13ClF3N5O3/c20-14-9-24-17(25-10-14)30-8-7-28-18(29)27-11-13(3-6-16(27)26-28)12-1-4-15(5-2-12)31-19(21,22)23/h1-6,9-11H,7-8H2. The molecule has 8 nitrogen and oxygen atoms in total. The molecular weight excluding hydrogens is 439 g/mol. The summed E-state index contributed by atoms with van der Waals surface area (Å²) in [6, 6.07) is 8.82. The maximum Gasteiger partial charge on any atom is 0.573 e. The fraction of sp³-hybridized carbons (Fsp3) is 0.158. The number of aromatic nitrogens is 5. The maximum absolute atomic E-state index is 12.6. The second-order valence-electron chi connectivity index (χ2n) is 6.26. The highest BCUT2D eigenvalue weighted by Crippen LogP contribution is 2.26. The molecule has 1 aromatic carbocycles. The smallest absolute Gasteiger partial charge is 0.461 e. The highest BCUT2D eigenvalue weighted by molar-refractivity contribution is 6.30. The van der Waals surface area contributed by atoms with E-state index in [2.05, 4.69) is 19.8 Å². The molecule has 3 heterocycles. The normalized spacial score (nSPS) is 11.6. The third kappa shape index (κ3) is 4.94. The van der Waals surface area contributed by atoms with Crippen LogP contribution in [0.15, 0.2) is 59.8 Å². The summed E-state index contributed by atoms with van der Waals surface area (Å²) < 4.78 is 48.7. The zero-order chi connectivity index (χ0) is 22.0. The summed E-state index contributed by atoms with van der Waals surface area (Å²) in [4.78, 5) is 20.4. The van der Waals surface area contributed by atoms with Gasteiger partial charge in [0.2, 0.25) is 0 Å². The highest BCUT2D eigenvalue weighted by Gasteiger charge is 2.30. The van der Waals surface area contributed by atoms with Gasteiger partial charge in [-0.25, -0.2) is 23.8 Å². The molecule has 0 saturated carbocycles. The van der Waals surface area contributed by atoms with Gasteiger partial charge in [-0.15, -0.1) is 18.3 Å². The van der Waals surface area contributed by atoms with E-state index < -0.39 is 12.1 Å². The van der Waals surface area contributed by atoms with E-state index in [1.165, 1.54) is 45.7 Å². The van der Waals surface area contributed by atoms with Crippen LogP contribution in [0.5, 0.6) is 11.8 Å². The molecule has 0 unspecified atom stereocenters. The average Bonchev–Trinajstić information content (AvgIpc) is 3.04. The second kappa shape index (κ2) is 8.26. The number of rotatable bonds is 6. The van der Waals surface area contributed by atoms with Gasteiger partial charge in [0.1, 0.15) is 12.4 Å². The molecular formula is C19H13ClF3N5O3. The Hall–Kier alpha value is -3.60. The number of nitrogens with zero attached hydrogens (tertiary/aromatic N) is 5. The molecule has 0 spiro atoms. The minimum atomic E-state index is -4.76. The van der Waals surface area contributed by atoms with Crippen molar-refractivity contribution in [3.05, 3.63) is 70.5 Å². The number of fused-ring (bicyclic) bond motifs is 1. The van der Waals surface area contributed by atoms with Crippen LogP contribution in [0.1, 0.15) is 0 Å². The number of pyridine rings is 1. The van der Waals surface area contributed by atoms with Gasteiger partial charge in [-0.1, -0.05) is 23.7 Å². The van der Waals surface area contributed by atoms with Crippen molar-refractivity contribution in [3.63, 3.8) is 0 Å². The molecule has 4 rings (SSSR count). The van der Waals surface area contributed by atoms with Crippen molar-refractivity contribution >= 4 is 17.2 Å². The fourth-order valence-corrected chi connectivity index (χ4v) is 2.88. The number of benzene rings is 1. The molecule has 0 atom stereocenters. The lowest BCUT2D eigenvalue weighted by molar-refractivity contribution is -0.274. The first-order chi connectivity index (χ1) is 14.8. The van der Waals surface area contributed by atoms with Crippen LogP contribution in [0.3, 0.4) is 0 Å². The Morgan fingerprint density at radius 1 is 1.00 bits per heavy atom. The van der Waals surface area contributed by atoms with Crippen molar-refractivity contribution in [1.82, 2.24) is 24.1 Å². The first kappa shape index (κ1) is 20.7. The Balaban J connectivity index is 1.50. The molecule has 0 aliphatic carbocycles. The Kier molecular flexibility index (Phi) is 5.51. The number of ether oxygens (including phenoxy) is 2. The van der Waals surface area contributed by atoms with Crippen LogP contribution in [0.4, 0.5) is 13.2 Å². The Morgan fingerprint density at radius 2 is 1.68 bits per heavy atom. The van der Waals surface area contributed by atoms with E-state index in [9.17, 15) is 18.0 Å². The van der Waals surface area contributed by atoms with E-state index in [-0.39, 0.29) is 24.9 Å². The first-order valence-electron chi connectivity index (χ1n) is 8.84. The SMILES string of the molecule is O=c1n(CCOc2ncc(Cl)cn2)nc2ccc(-c3ccc(OC(F)(F)F)cc3)cn12. The quantitative estimate of drug-likeness (QED) is 0.445. The molecule has 0 bridgehead atoms. The third-order valence-electron chi connectivity index (χ3n) is 4.13. The van der Waals surface area contributed by atoms with Crippen molar-refractivity contribution < 1.29 is 22.6 Å². The molecule has 0 radical (unpaired) electrons. The van der Waals surface area contributed by atoms with Gasteiger partial charge in [-0.2, -0.15) is 0 Å². The van der Waals surface area contributed by atoms with Gasteiger partial charge in [-0.3, -0.25) is 0 Å². The van der Waals surface area contributed by atoms with Gasteiger partial charge >= 0.3 is 18.1 Å². The summed E-state index contributed by atoms with van der Waals surface area (Å²) in [7, 11) is 0. The van der Waals surface area contributed by atoms with Crippen molar-refractivity contribution in [2.45, 2.75) is 12.9 Å². The predicted molar refractivity (Wildman–Crippen MR) is 104 cm³/mol. The average molecular weight is 452 g/mol. The summed E-state index contributed by atoms with van der Waals surface area (Å²) in [6.07, 6.45) is -0.412. The van der Waals surface area contributed by atoms with Crippen LogP contribution in [0.2, 0.25) is 5.02 Å². The van der Waals surface area contributed by atoms with E-state index >= 15 is 0 Å². The largest absolute Gasteiger partial charge is 0.573 e. The van der Waals surface area contributed by atoms with E-state index in [0.29, 0.717) is 21.8 Å². The van der Waals surface area contributed by atoms with E-state index in [4.69, 9.17) is 16.3 Å². The van der Waals surface area contributed by atoms with Crippen LogP contribution in [-0.4, -0.2) is 37.1 Å². The lowest BCUT2D eigenvalue weighted by Crippen LogP contribution is -2.24. The van der Waals surface area contributed by atoms with E-state index in [1.807, 2.05) is 0 Å². The van der Waals surface area contributed by atoms with Gasteiger partial charge < -0.3 is 9.47 Å². The summed E-state index contributed by atoms with van der Waals surface area (Å²) in [6.45, 7) is 0.268. The van der Waals surface area contributed by atoms with Gasteiger partial charge in [0.05, 0.1) is 24.0 Å². The molecule has 0 aliphatic heterocycles. The molecule has 3 aromatic heterocycles. The maximum atomic E-state index is 12.6. The van der Waals surface area contributed by atoms with Gasteiger partial charge in [-0.05, 0) is 35.4 Å². The third-order valence-corrected chi connectivity index (χ3v) is 4.32. The first-order valence-corrected chi connectivity index (χ1v) is 9.22. The van der Waals surface area contributed by atoms with Crippen LogP contribution in [-0.2, 0) is 6.54 Å². The monoisotopic (exact) mass is 451 g/mol. The van der Waals surface area contributed by atoms with Gasteiger partial charge in [0.15, 0.2) is 5.65 Å². The van der Waals surface area contributed by atoms with Crippen LogP contribution >= 0.6 is 11.6 Å². The summed E-state index contributed by atoms with van der Waals surface area (Å²) >= 11 is 5.71. The topological polar surface area (TPSA) is 83.5 Å². The molecule has 31 heavy (non-hydrogen) atoms. The minimum Gasteiger partial charge on any atom is -0.461 e. The number of halogens is 4. The minimum absolute atomic E-state index is 0.110. The van der Waals surface area contributed by atoms with Crippen LogP contribution < -0.4 is 15.2 Å². The fourth-order valence-electron chi connectivity index (χ4n) is 2.78. The molecule has 4 aromatic rings. The van der Waals surface area contributed by atoms with E-state index in [0.717, 1.165) is 0 Å². The van der Waals surface area contributed by atoms with E-state index in [1.54, 1.807) is 18.3 Å². The molecule has 12 heteroatoms. The molecule has 0 amide bonds. The molecule has 0 fully saturated rings.